The molecule has 0 unspecified atom stereocenters. The number of fused-ring (bicyclic) bond motifs is 1. The van der Waals surface area contributed by atoms with Gasteiger partial charge in [-0.3, -0.25) is 0 Å². The summed E-state index contributed by atoms with van der Waals surface area (Å²) < 4.78 is 5.41. The zero-order valence-electron chi connectivity index (χ0n) is 7.85. The second-order valence-electron chi connectivity index (χ2n) is 3.05. The fourth-order valence-electron chi connectivity index (χ4n) is 1.04. The van der Waals surface area contributed by atoms with Gasteiger partial charge < -0.3 is 10.5 Å². The molecule has 7 nitrogen and oxygen atoms in total. The van der Waals surface area contributed by atoms with Crippen LogP contribution in [0.3, 0.4) is 0 Å². The number of H-pyrrole nitrogens is 1. The molecule has 0 fully saturated rings. The fraction of sp³-hybridized carbons (Fsp3) is 0.429. The lowest BCUT2D eigenvalue weighted by Crippen LogP contribution is -2.09. The van der Waals surface area contributed by atoms with Crippen LogP contribution in [0.1, 0.15) is 13.8 Å². The van der Waals surface area contributed by atoms with Crippen LogP contribution in [0.4, 0.5) is 5.95 Å². The van der Waals surface area contributed by atoms with Gasteiger partial charge in [0.15, 0.2) is 5.52 Å². The molecule has 2 aromatic heterocycles. The van der Waals surface area contributed by atoms with Crippen molar-refractivity contribution in [1.82, 2.24) is 25.4 Å². The Morgan fingerprint density at radius 1 is 1.29 bits per heavy atom. The minimum Gasteiger partial charge on any atom is -0.473 e. The zero-order valence-corrected chi connectivity index (χ0v) is 7.85. The van der Waals surface area contributed by atoms with Gasteiger partial charge in [0.2, 0.25) is 17.5 Å². The minimum absolute atomic E-state index is 0.00389. The molecule has 7 heteroatoms. The van der Waals surface area contributed by atoms with E-state index in [1.165, 1.54) is 0 Å². The Balaban J connectivity index is 2.55. The number of rotatable bonds is 2. The SMILES string of the molecule is CC(C)Oc1nc(N)nc2n[nH]nc12. The number of aromatic amines is 1. The van der Waals surface area contributed by atoms with Crippen molar-refractivity contribution in [2.75, 3.05) is 5.73 Å². The third-order valence-electron chi connectivity index (χ3n) is 1.52. The van der Waals surface area contributed by atoms with Crippen molar-refractivity contribution < 1.29 is 4.74 Å². The molecule has 0 amide bonds. The van der Waals surface area contributed by atoms with E-state index in [2.05, 4.69) is 25.4 Å². The fourth-order valence-corrected chi connectivity index (χ4v) is 1.04. The van der Waals surface area contributed by atoms with Crippen LogP contribution in [0.25, 0.3) is 11.2 Å². The lowest BCUT2D eigenvalue weighted by molar-refractivity contribution is 0.235. The summed E-state index contributed by atoms with van der Waals surface area (Å²) in [5.74, 6) is 0.485. The van der Waals surface area contributed by atoms with Crippen molar-refractivity contribution in [3.8, 4) is 5.88 Å². The summed E-state index contributed by atoms with van der Waals surface area (Å²) in [6, 6.07) is 0. The minimum atomic E-state index is 0.00389. The van der Waals surface area contributed by atoms with Crippen LogP contribution in [0.5, 0.6) is 5.88 Å². The van der Waals surface area contributed by atoms with Crippen LogP contribution in [0.15, 0.2) is 0 Å². The number of nitrogen functional groups attached to an aromatic ring is 1. The number of ether oxygens (including phenoxy) is 1. The van der Waals surface area contributed by atoms with E-state index in [1.54, 1.807) is 0 Å². The first kappa shape index (κ1) is 8.67. The van der Waals surface area contributed by atoms with E-state index in [-0.39, 0.29) is 12.1 Å². The van der Waals surface area contributed by atoms with Gasteiger partial charge in [-0.1, -0.05) is 0 Å². The first-order valence-corrected chi connectivity index (χ1v) is 4.17. The molecular formula is C7H10N6O. The molecular weight excluding hydrogens is 184 g/mol. The second-order valence-corrected chi connectivity index (χ2v) is 3.05. The van der Waals surface area contributed by atoms with Crippen molar-refractivity contribution in [3.05, 3.63) is 0 Å². The van der Waals surface area contributed by atoms with E-state index in [1.807, 2.05) is 13.8 Å². The van der Waals surface area contributed by atoms with E-state index in [0.717, 1.165) is 0 Å². The molecule has 0 spiro atoms. The highest BCUT2D eigenvalue weighted by Crippen LogP contribution is 2.19. The lowest BCUT2D eigenvalue weighted by atomic mass is 10.4. The highest BCUT2D eigenvalue weighted by Gasteiger charge is 2.12. The second kappa shape index (κ2) is 3.09. The van der Waals surface area contributed by atoms with Crippen LogP contribution >= 0.6 is 0 Å². The smallest absolute Gasteiger partial charge is 0.249 e. The Labute approximate surface area is 79.7 Å². The Hall–Kier alpha value is -1.92. The van der Waals surface area contributed by atoms with Crippen LogP contribution < -0.4 is 10.5 Å². The largest absolute Gasteiger partial charge is 0.473 e. The van der Waals surface area contributed by atoms with Gasteiger partial charge in [-0.05, 0) is 13.8 Å². The molecule has 0 atom stereocenters. The maximum atomic E-state index is 5.48. The third-order valence-corrected chi connectivity index (χ3v) is 1.52. The molecule has 2 rings (SSSR count). The maximum absolute atomic E-state index is 5.48. The van der Waals surface area contributed by atoms with Crippen molar-refractivity contribution in [3.63, 3.8) is 0 Å². The molecule has 0 bridgehead atoms. The van der Waals surface area contributed by atoms with Crippen molar-refractivity contribution in [1.29, 1.82) is 0 Å². The van der Waals surface area contributed by atoms with E-state index >= 15 is 0 Å². The normalized spacial score (nSPS) is 11.1. The van der Waals surface area contributed by atoms with Crippen LogP contribution in [-0.2, 0) is 0 Å². The number of hydrogen-bond donors (Lipinski definition) is 2. The summed E-state index contributed by atoms with van der Waals surface area (Å²) >= 11 is 0. The number of nitrogens with two attached hydrogens (primary N) is 1. The maximum Gasteiger partial charge on any atom is 0.249 e. The third kappa shape index (κ3) is 1.43. The molecule has 2 heterocycles. The summed E-state index contributed by atoms with van der Waals surface area (Å²) in [7, 11) is 0. The van der Waals surface area contributed by atoms with Gasteiger partial charge in [-0.2, -0.15) is 15.2 Å². The van der Waals surface area contributed by atoms with Gasteiger partial charge in [-0.25, -0.2) is 0 Å². The van der Waals surface area contributed by atoms with Gasteiger partial charge >= 0.3 is 0 Å². The average molecular weight is 194 g/mol. The van der Waals surface area contributed by atoms with E-state index in [9.17, 15) is 0 Å². The van der Waals surface area contributed by atoms with Crippen LogP contribution in [-0.4, -0.2) is 31.5 Å². The van der Waals surface area contributed by atoms with Crippen molar-refractivity contribution in [2.24, 2.45) is 0 Å². The number of aromatic nitrogens is 5. The quantitative estimate of drug-likeness (QED) is 0.703. The average Bonchev–Trinajstić information content (AvgIpc) is 2.50. The summed E-state index contributed by atoms with van der Waals surface area (Å²) in [6.45, 7) is 3.79. The monoisotopic (exact) mass is 194 g/mol. The first-order chi connectivity index (χ1) is 6.66. The van der Waals surface area contributed by atoms with Crippen molar-refractivity contribution >= 4 is 17.1 Å². The summed E-state index contributed by atoms with van der Waals surface area (Å²) in [5.41, 5.74) is 6.38. The predicted molar refractivity (Wildman–Crippen MR) is 49.7 cm³/mol. The molecule has 0 aliphatic rings. The molecule has 14 heavy (non-hydrogen) atoms. The molecule has 0 saturated heterocycles. The molecule has 0 aliphatic heterocycles. The predicted octanol–water partition coefficient (Wildman–Crippen LogP) is 0.117. The highest BCUT2D eigenvalue weighted by atomic mass is 16.5. The number of anilines is 1. The topological polar surface area (TPSA) is 103 Å². The van der Waals surface area contributed by atoms with E-state index < -0.39 is 0 Å². The number of nitrogens with one attached hydrogen (secondary N) is 1. The molecule has 74 valence electrons. The van der Waals surface area contributed by atoms with Gasteiger partial charge in [0, 0.05) is 0 Å². The number of nitrogens with zero attached hydrogens (tertiary/aromatic N) is 4. The molecule has 2 aromatic rings. The van der Waals surface area contributed by atoms with Crippen LogP contribution in [0, 0.1) is 0 Å². The molecule has 0 radical (unpaired) electrons. The molecule has 3 N–H and O–H groups in total. The lowest BCUT2D eigenvalue weighted by Gasteiger charge is -2.07. The van der Waals surface area contributed by atoms with Crippen molar-refractivity contribution in [2.45, 2.75) is 20.0 Å². The van der Waals surface area contributed by atoms with E-state index in [0.29, 0.717) is 17.0 Å². The Kier molecular flexibility index (Phi) is 1.91. The summed E-state index contributed by atoms with van der Waals surface area (Å²) in [4.78, 5) is 7.82. The summed E-state index contributed by atoms with van der Waals surface area (Å²) in [5, 5.41) is 10.1. The Bertz CT molecular complexity index is 450. The molecule has 0 aliphatic carbocycles. The standard InChI is InChI=1S/C7H10N6O/c1-3(2)14-6-4-5(12-13-11-4)9-7(8)10-6/h3H,1-2H3,(H3,8,9,10,11,12,13). The van der Waals surface area contributed by atoms with Crippen LogP contribution in [0.2, 0.25) is 0 Å². The summed E-state index contributed by atoms with van der Waals surface area (Å²) in [6.07, 6.45) is 0.00389. The highest BCUT2D eigenvalue weighted by molar-refractivity contribution is 5.75. The first-order valence-electron chi connectivity index (χ1n) is 4.17. The zero-order chi connectivity index (χ0) is 10.1. The molecule has 0 saturated carbocycles. The van der Waals surface area contributed by atoms with E-state index in [4.69, 9.17) is 10.5 Å². The Morgan fingerprint density at radius 3 is 2.79 bits per heavy atom. The van der Waals surface area contributed by atoms with Gasteiger partial charge in [0.1, 0.15) is 0 Å². The van der Waals surface area contributed by atoms with Gasteiger partial charge in [0.05, 0.1) is 6.10 Å². The van der Waals surface area contributed by atoms with Gasteiger partial charge in [0.25, 0.3) is 0 Å². The number of hydrogen-bond acceptors (Lipinski definition) is 6. The van der Waals surface area contributed by atoms with Gasteiger partial charge in [-0.15, -0.1) is 10.2 Å². The Morgan fingerprint density at radius 2 is 2.07 bits per heavy atom. The molecule has 0 aromatic carbocycles.